The van der Waals surface area contributed by atoms with E-state index in [9.17, 15) is 4.79 Å². The minimum atomic E-state index is -0.0456. The van der Waals surface area contributed by atoms with E-state index in [2.05, 4.69) is 5.32 Å². The van der Waals surface area contributed by atoms with Gasteiger partial charge in [0.2, 0.25) is 0 Å². The molecular formula is C14H20N2O3. The fourth-order valence-electron chi connectivity index (χ4n) is 2.28. The highest BCUT2D eigenvalue weighted by Gasteiger charge is 2.32. The number of hydrogen-bond acceptors (Lipinski definition) is 3. The van der Waals surface area contributed by atoms with Gasteiger partial charge in [-0.25, -0.2) is 4.79 Å². The molecule has 5 nitrogen and oxygen atoms in total. The molecule has 1 aliphatic rings. The molecule has 1 saturated heterocycles. The van der Waals surface area contributed by atoms with E-state index >= 15 is 0 Å². The smallest absolute Gasteiger partial charge is 0.318 e. The number of rotatable bonds is 4. The van der Waals surface area contributed by atoms with E-state index < -0.39 is 0 Å². The number of methoxy groups -OCH3 is 2. The average Bonchev–Trinajstić information content (AvgIpc) is 2.80. The third kappa shape index (κ3) is 2.59. The molecule has 0 spiro atoms. The van der Waals surface area contributed by atoms with Crippen LogP contribution in [0.15, 0.2) is 18.2 Å². The van der Waals surface area contributed by atoms with Gasteiger partial charge in [-0.1, -0.05) is 0 Å². The van der Waals surface area contributed by atoms with E-state index in [0.717, 1.165) is 17.1 Å². The second-order valence-corrected chi connectivity index (χ2v) is 4.86. The summed E-state index contributed by atoms with van der Waals surface area (Å²) in [5, 5.41) is 2.98. The second-order valence-electron chi connectivity index (χ2n) is 4.86. The van der Waals surface area contributed by atoms with Crippen LogP contribution in [-0.2, 0) is 0 Å². The number of ether oxygens (including phenoxy) is 2. The van der Waals surface area contributed by atoms with Gasteiger partial charge in [0.25, 0.3) is 0 Å². The Morgan fingerprint density at radius 1 is 1.32 bits per heavy atom. The van der Waals surface area contributed by atoms with Gasteiger partial charge < -0.3 is 19.7 Å². The van der Waals surface area contributed by atoms with Crippen molar-refractivity contribution in [3.63, 3.8) is 0 Å². The van der Waals surface area contributed by atoms with E-state index in [1.165, 1.54) is 0 Å². The van der Waals surface area contributed by atoms with E-state index in [4.69, 9.17) is 9.47 Å². The van der Waals surface area contributed by atoms with Crippen molar-refractivity contribution in [2.45, 2.75) is 25.9 Å². The lowest BCUT2D eigenvalue weighted by Crippen LogP contribution is -2.33. The molecule has 0 aromatic heterocycles. The maximum Gasteiger partial charge on any atom is 0.318 e. The third-order valence-corrected chi connectivity index (χ3v) is 3.38. The zero-order valence-electron chi connectivity index (χ0n) is 11.8. The number of amides is 2. The second kappa shape index (κ2) is 5.38. The molecule has 1 atom stereocenters. The topological polar surface area (TPSA) is 50.8 Å². The summed E-state index contributed by atoms with van der Waals surface area (Å²) < 4.78 is 10.6. The zero-order valence-corrected chi connectivity index (χ0v) is 11.8. The van der Waals surface area contributed by atoms with Crippen molar-refractivity contribution in [3.05, 3.63) is 23.8 Å². The first-order chi connectivity index (χ1) is 9.06. The molecule has 0 aliphatic carbocycles. The summed E-state index contributed by atoms with van der Waals surface area (Å²) in [5.41, 5.74) is 0.972. The fourth-order valence-corrected chi connectivity index (χ4v) is 2.28. The van der Waals surface area contributed by atoms with Crippen LogP contribution < -0.4 is 14.8 Å². The maximum atomic E-state index is 11.9. The maximum absolute atomic E-state index is 11.9. The molecule has 2 amide bonds. The van der Waals surface area contributed by atoms with Gasteiger partial charge in [0.05, 0.1) is 20.3 Å². The predicted octanol–water partition coefficient (Wildman–Crippen LogP) is 2.18. The van der Waals surface area contributed by atoms with Crippen LogP contribution in [0.4, 0.5) is 4.79 Å². The van der Waals surface area contributed by atoms with Crippen LogP contribution >= 0.6 is 0 Å². The number of benzene rings is 1. The average molecular weight is 264 g/mol. The van der Waals surface area contributed by atoms with Crippen molar-refractivity contribution in [3.8, 4) is 11.5 Å². The molecule has 0 radical (unpaired) electrons. The van der Waals surface area contributed by atoms with Crippen LogP contribution in [0, 0.1) is 0 Å². The van der Waals surface area contributed by atoms with Crippen molar-refractivity contribution >= 4 is 6.03 Å². The molecule has 0 bridgehead atoms. The first kappa shape index (κ1) is 13.5. The van der Waals surface area contributed by atoms with E-state index in [0.29, 0.717) is 6.54 Å². The van der Waals surface area contributed by atoms with Crippen molar-refractivity contribution in [2.75, 3.05) is 20.8 Å². The molecule has 5 heteroatoms. The molecule has 2 rings (SSSR count). The van der Waals surface area contributed by atoms with E-state index in [1.807, 2.05) is 36.9 Å². The lowest BCUT2D eigenvalue weighted by atomic mass is 10.1. The van der Waals surface area contributed by atoms with Gasteiger partial charge in [-0.05, 0) is 26.0 Å². The Labute approximate surface area is 113 Å². The Morgan fingerprint density at radius 3 is 2.58 bits per heavy atom. The Kier molecular flexibility index (Phi) is 3.83. The highest BCUT2D eigenvalue weighted by atomic mass is 16.5. The molecule has 1 aromatic carbocycles. The highest BCUT2D eigenvalue weighted by molar-refractivity contribution is 5.77. The van der Waals surface area contributed by atoms with Crippen molar-refractivity contribution in [1.29, 1.82) is 0 Å². The van der Waals surface area contributed by atoms with Gasteiger partial charge >= 0.3 is 6.03 Å². The number of hydrogen-bond donors (Lipinski definition) is 1. The standard InChI is InChI=1S/C14H20N2O3/c1-9(2)16-8-12(15-14(16)17)11-6-5-10(18-3)7-13(11)19-4/h5-7,9,12H,8H2,1-4H3,(H,15,17). The van der Waals surface area contributed by atoms with Crippen molar-refractivity contribution in [2.24, 2.45) is 0 Å². The molecule has 1 unspecified atom stereocenters. The molecule has 19 heavy (non-hydrogen) atoms. The minimum absolute atomic E-state index is 0.0297. The van der Waals surface area contributed by atoms with Crippen LogP contribution in [0.2, 0.25) is 0 Å². The van der Waals surface area contributed by atoms with Crippen molar-refractivity contribution < 1.29 is 14.3 Å². The van der Waals surface area contributed by atoms with Gasteiger partial charge in [0.15, 0.2) is 0 Å². The van der Waals surface area contributed by atoms with E-state index in [1.54, 1.807) is 14.2 Å². The molecule has 104 valence electrons. The summed E-state index contributed by atoms with van der Waals surface area (Å²) in [7, 11) is 3.24. The molecule has 1 heterocycles. The molecular weight excluding hydrogens is 244 g/mol. The number of carbonyl (C=O) groups excluding carboxylic acids is 1. The van der Waals surface area contributed by atoms with Crippen LogP contribution in [0.3, 0.4) is 0 Å². The monoisotopic (exact) mass is 264 g/mol. The Bertz CT molecular complexity index is 474. The van der Waals surface area contributed by atoms with Gasteiger partial charge in [0, 0.05) is 24.2 Å². The van der Waals surface area contributed by atoms with Crippen LogP contribution in [0.1, 0.15) is 25.5 Å². The molecule has 1 aliphatic heterocycles. The first-order valence-corrected chi connectivity index (χ1v) is 6.36. The van der Waals surface area contributed by atoms with Crippen LogP contribution in [0.25, 0.3) is 0 Å². The Hall–Kier alpha value is -1.91. The summed E-state index contributed by atoms with van der Waals surface area (Å²) in [4.78, 5) is 13.7. The molecule has 1 fully saturated rings. The third-order valence-electron chi connectivity index (χ3n) is 3.38. The largest absolute Gasteiger partial charge is 0.497 e. The number of urea groups is 1. The number of nitrogens with one attached hydrogen (secondary N) is 1. The predicted molar refractivity (Wildman–Crippen MR) is 72.7 cm³/mol. The normalized spacial score (nSPS) is 18.7. The molecule has 0 saturated carbocycles. The summed E-state index contributed by atoms with van der Waals surface area (Å²) in [5.74, 6) is 1.47. The summed E-state index contributed by atoms with van der Waals surface area (Å²) in [6, 6.07) is 5.76. The van der Waals surface area contributed by atoms with Crippen LogP contribution in [-0.4, -0.2) is 37.7 Å². The number of nitrogens with zero attached hydrogens (tertiary/aromatic N) is 1. The van der Waals surface area contributed by atoms with Crippen molar-refractivity contribution in [1.82, 2.24) is 10.2 Å². The quantitative estimate of drug-likeness (QED) is 0.906. The van der Waals surface area contributed by atoms with Gasteiger partial charge in [0.1, 0.15) is 11.5 Å². The zero-order chi connectivity index (χ0) is 14.0. The Balaban J connectivity index is 2.26. The van der Waals surface area contributed by atoms with Gasteiger partial charge in [-0.2, -0.15) is 0 Å². The molecule has 1 aromatic rings. The highest BCUT2D eigenvalue weighted by Crippen LogP contribution is 2.32. The lowest BCUT2D eigenvalue weighted by Gasteiger charge is -2.19. The first-order valence-electron chi connectivity index (χ1n) is 6.36. The van der Waals surface area contributed by atoms with Gasteiger partial charge in [-0.15, -0.1) is 0 Å². The Morgan fingerprint density at radius 2 is 2.05 bits per heavy atom. The summed E-state index contributed by atoms with van der Waals surface area (Å²) in [6.45, 7) is 4.67. The van der Waals surface area contributed by atoms with Crippen LogP contribution in [0.5, 0.6) is 11.5 Å². The SMILES string of the molecule is COc1ccc(C2CN(C(C)C)C(=O)N2)c(OC)c1. The molecule has 1 N–H and O–H groups in total. The summed E-state index contributed by atoms with van der Waals surface area (Å²) >= 11 is 0. The minimum Gasteiger partial charge on any atom is -0.497 e. The number of carbonyl (C=O) groups is 1. The van der Waals surface area contributed by atoms with E-state index in [-0.39, 0.29) is 18.1 Å². The summed E-state index contributed by atoms with van der Waals surface area (Å²) in [6.07, 6.45) is 0. The lowest BCUT2D eigenvalue weighted by molar-refractivity contribution is 0.206. The van der Waals surface area contributed by atoms with Gasteiger partial charge in [-0.3, -0.25) is 0 Å². The fraction of sp³-hybridized carbons (Fsp3) is 0.500.